The number of amides is 2. The fourth-order valence-corrected chi connectivity index (χ4v) is 6.34. The van der Waals surface area contributed by atoms with Crippen LogP contribution in [0.5, 0.6) is 0 Å². The van der Waals surface area contributed by atoms with Gasteiger partial charge >= 0.3 is 18.2 Å². The van der Waals surface area contributed by atoms with E-state index in [0.29, 0.717) is 4.90 Å². The predicted octanol–water partition coefficient (Wildman–Crippen LogP) is 6.41. The summed E-state index contributed by atoms with van der Waals surface area (Å²) in [5, 5.41) is 20.8. The highest BCUT2D eigenvalue weighted by atomic mass is 16.6. The lowest BCUT2D eigenvalue weighted by Gasteiger charge is -2.33. The second-order valence-electron chi connectivity index (χ2n) is 11.4. The van der Waals surface area contributed by atoms with Crippen LogP contribution >= 0.6 is 0 Å². The summed E-state index contributed by atoms with van der Waals surface area (Å²) in [6, 6.07) is 29.2. The Balaban J connectivity index is 1.25. The van der Waals surface area contributed by atoms with Crippen molar-refractivity contribution >= 4 is 18.2 Å². The first-order valence-electron chi connectivity index (χ1n) is 14.1. The number of imide groups is 1. The maximum absolute atomic E-state index is 13.6. The standard InChI is InChI=1S/C35H31NO7/c1-35(2,41)31(32(37)38)36(33(39)42-19-29-25-15-7-3-11-21(25)22-12-4-8-16-26(22)29)34(40)43-20-30-27-17-9-5-13-23(27)24-14-6-10-18-28(24)30/h3-18,29-31,41H,19-20H2,1-2H3,(H,37,38)/t31-/m0/s1. The smallest absolute Gasteiger partial charge is 0.420 e. The van der Waals surface area contributed by atoms with Crippen molar-refractivity contribution in [3.05, 3.63) is 119 Å². The lowest BCUT2D eigenvalue weighted by Crippen LogP contribution is -2.58. The van der Waals surface area contributed by atoms with Crippen LogP contribution in [0.25, 0.3) is 22.3 Å². The second-order valence-corrected chi connectivity index (χ2v) is 11.4. The van der Waals surface area contributed by atoms with Gasteiger partial charge in [0.15, 0.2) is 6.04 Å². The number of carboxylic acids is 1. The van der Waals surface area contributed by atoms with Crippen LogP contribution in [0.15, 0.2) is 97.1 Å². The molecule has 2 aliphatic rings. The number of carbonyl (C=O) groups excluding carboxylic acids is 2. The third-order valence-electron chi connectivity index (χ3n) is 8.23. The monoisotopic (exact) mass is 577 g/mol. The molecule has 0 unspecified atom stereocenters. The zero-order valence-electron chi connectivity index (χ0n) is 23.8. The molecule has 8 heteroatoms. The van der Waals surface area contributed by atoms with Gasteiger partial charge in [0.2, 0.25) is 0 Å². The minimum atomic E-state index is -2.00. The highest BCUT2D eigenvalue weighted by molar-refractivity contribution is 5.94. The summed E-state index contributed by atoms with van der Waals surface area (Å²) in [6.07, 6.45) is -2.43. The SMILES string of the molecule is CC(C)(O)[C@H](C(=O)O)N(C(=O)OCC1c2ccccc2-c2ccccc21)C(=O)OCC1c2ccccc2-c2ccccc21. The van der Waals surface area contributed by atoms with Gasteiger partial charge in [-0.05, 0) is 58.4 Å². The summed E-state index contributed by atoms with van der Waals surface area (Å²) in [5.41, 5.74) is 5.92. The fraction of sp³-hybridized carbons (Fsp3) is 0.229. The van der Waals surface area contributed by atoms with Crippen LogP contribution in [0.2, 0.25) is 0 Å². The molecule has 218 valence electrons. The molecule has 0 radical (unpaired) electrons. The number of benzene rings is 4. The van der Waals surface area contributed by atoms with Crippen LogP contribution in [0.1, 0.15) is 47.9 Å². The molecule has 0 heterocycles. The third kappa shape index (κ3) is 5.04. The Labute approximate surface area is 249 Å². The second kappa shape index (κ2) is 11.0. The summed E-state index contributed by atoms with van der Waals surface area (Å²) >= 11 is 0. The van der Waals surface area contributed by atoms with Gasteiger partial charge in [0.25, 0.3) is 0 Å². The Morgan fingerprint density at radius 2 is 0.953 bits per heavy atom. The van der Waals surface area contributed by atoms with Gasteiger partial charge in [-0.2, -0.15) is 4.90 Å². The fourth-order valence-electron chi connectivity index (χ4n) is 6.34. The zero-order chi connectivity index (χ0) is 30.3. The van der Waals surface area contributed by atoms with Crippen LogP contribution in [-0.4, -0.2) is 58.1 Å². The highest BCUT2D eigenvalue weighted by Crippen LogP contribution is 2.46. The number of carbonyl (C=O) groups is 3. The van der Waals surface area contributed by atoms with E-state index in [9.17, 15) is 24.6 Å². The summed E-state index contributed by atoms with van der Waals surface area (Å²) < 4.78 is 11.3. The molecular weight excluding hydrogens is 546 g/mol. The Morgan fingerprint density at radius 3 is 1.23 bits per heavy atom. The minimum Gasteiger partial charge on any atom is -0.480 e. The Hall–Kier alpha value is -4.95. The molecule has 2 N–H and O–H groups in total. The Morgan fingerprint density at radius 1 is 0.651 bits per heavy atom. The van der Waals surface area contributed by atoms with E-state index < -0.39 is 29.8 Å². The van der Waals surface area contributed by atoms with Crippen molar-refractivity contribution < 1.29 is 34.1 Å². The molecule has 4 aromatic carbocycles. The van der Waals surface area contributed by atoms with Gasteiger partial charge in [-0.15, -0.1) is 0 Å². The average molecular weight is 578 g/mol. The molecule has 1 atom stereocenters. The van der Waals surface area contributed by atoms with Crippen molar-refractivity contribution in [2.45, 2.75) is 37.3 Å². The van der Waals surface area contributed by atoms with Crippen LogP contribution in [0.4, 0.5) is 9.59 Å². The Bertz CT molecular complexity index is 1520. The molecule has 2 aliphatic carbocycles. The van der Waals surface area contributed by atoms with E-state index in [-0.39, 0.29) is 25.0 Å². The normalized spacial score (nSPS) is 14.2. The molecule has 0 spiro atoms. The molecule has 0 aliphatic heterocycles. The zero-order valence-corrected chi connectivity index (χ0v) is 23.8. The van der Waals surface area contributed by atoms with Crippen LogP contribution in [-0.2, 0) is 14.3 Å². The van der Waals surface area contributed by atoms with E-state index >= 15 is 0 Å². The summed E-state index contributed by atoms with van der Waals surface area (Å²) in [7, 11) is 0. The van der Waals surface area contributed by atoms with Crippen molar-refractivity contribution in [3.8, 4) is 22.3 Å². The molecule has 0 bridgehead atoms. The Kier molecular flexibility index (Phi) is 7.23. The van der Waals surface area contributed by atoms with Gasteiger partial charge < -0.3 is 19.7 Å². The van der Waals surface area contributed by atoms with E-state index in [0.717, 1.165) is 44.5 Å². The molecule has 0 aromatic heterocycles. The van der Waals surface area contributed by atoms with Gasteiger partial charge in [0.05, 0.1) is 5.60 Å². The summed E-state index contributed by atoms with van der Waals surface area (Å²) in [5.74, 6) is -2.20. The maximum atomic E-state index is 13.6. The van der Waals surface area contributed by atoms with E-state index in [1.807, 2.05) is 97.1 Å². The minimum absolute atomic E-state index is 0.141. The molecule has 43 heavy (non-hydrogen) atoms. The number of carboxylic acid groups (broad SMARTS) is 1. The van der Waals surface area contributed by atoms with E-state index in [1.54, 1.807) is 0 Å². The van der Waals surface area contributed by atoms with Gasteiger partial charge in [-0.1, -0.05) is 97.1 Å². The van der Waals surface area contributed by atoms with Crippen molar-refractivity contribution in [2.24, 2.45) is 0 Å². The maximum Gasteiger partial charge on any atom is 0.420 e. The number of nitrogens with zero attached hydrogens (tertiary/aromatic N) is 1. The van der Waals surface area contributed by atoms with Gasteiger partial charge in [0.1, 0.15) is 13.2 Å². The first-order chi connectivity index (χ1) is 20.7. The molecule has 8 nitrogen and oxygen atoms in total. The van der Waals surface area contributed by atoms with Crippen LogP contribution in [0.3, 0.4) is 0 Å². The van der Waals surface area contributed by atoms with Crippen molar-refractivity contribution in [2.75, 3.05) is 13.2 Å². The molecule has 0 fully saturated rings. The molecule has 6 rings (SSSR count). The topological polar surface area (TPSA) is 113 Å². The first-order valence-corrected chi connectivity index (χ1v) is 14.1. The largest absolute Gasteiger partial charge is 0.480 e. The predicted molar refractivity (Wildman–Crippen MR) is 160 cm³/mol. The van der Waals surface area contributed by atoms with Crippen LogP contribution < -0.4 is 0 Å². The van der Waals surface area contributed by atoms with Gasteiger partial charge in [0, 0.05) is 11.8 Å². The number of aliphatic carboxylic acids is 1. The van der Waals surface area contributed by atoms with E-state index in [2.05, 4.69) is 0 Å². The number of hydrogen-bond donors (Lipinski definition) is 2. The van der Waals surface area contributed by atoms with E-state index in [1.165, 1.54) is 13.8 Å². The van der Waals surface area contributed by atoms with Gasteiger partial charge in [-0.25, -0.2) is 14.4 Å². The first kappa shape index (κ1) is 28.2. The molecular formula is C35H31NO7. The number of hydrogen-bond acceptors (Lipinski definition) is 6. The van der Waals surface area contributed by atoms with Crippen LogP contribution in [0, 0.1) is 0 Å². The molecule has 4 aromatic rings. The summed E-state index contributed by atoms with van der Waals surface area (Å²) in [6.45, 7) is 2.15. The van der Waals surface area contributed by atoms with Crippen molar-refractivity contribution in [1.29, 1.82) is 0 Å². The van der Waals surface area contributed by atoms with Crippen molar-refractivity contribution in [3.63, 3.8) is 0 Å². The number of rotatable bonds is 7. The third-order valence-corrected chi connectivity index (χ3v) is 8.23. The van der Waals surface area contributed by atoms with Crippen molar-refractivity contribution in [1.82, 2.24) is 4.90 Å². The average Bonchev–Trinajstić information content (AvgIpc) is 3.49. The quantitative estimate of drug-likeness (QED) is 0.261. The highest BCUT2D eigenvalue weighted by Gasteiger charge is 2.47. The number of fused-ring (bicyclic) bond motifs is 6. The molecule has 0 saturated carbocycles. The number of aliphatic hydroxyl groups is 1. The molecule has 0 saturated heterocycles. The lowest BCUT2D eigenvalue weighted by molar-refractivity contribution is -0.150. The number of ether oxygens (including phenoxy) is 2. The van der Waals surface area contributed by atoms with Gasteiger partial charge in [-0.3, -0.25) is 0 Å². The lowest BCUT2D eigenvalue weighted by atomic mass is 9.97. The molecule has 2 amide bonds. The summed E-state index contributed by atoms with van der Waals surface area (Å²) in [4.78, 5) is 39.9. The van der Waals surface area contributed by atoms with E-state index in [4.69, 9.17) is 9.47 Å².